The molecule has 0 radical (unpaired) electrons. The highest BCUT2D eigenvalue weighted by Crippen LogP contribution is 2.18. The van der Waals surface area contributed by atoms with Crippen LogP contribution in [-0.4, -0.2) is 29.6 Å². The van der Waals surface area contributed by atoms with Crippen LogP contribution in [0.15, 0.2) is 11.6 Å². The molecule has 0 fully saturated rings. The van der Waals surface area contributed by atoms with Crippen molar-refractivity contribution in [2.45, 2.75) is 13.3 Å². The molecule has 0 aliphatic rings. The Bertz CT molecular complexity index is 536. The second kappa shape index (κ2) is 5.92. The molecule has 0 aliphatic carbocycles. The molecule has 0 saturated carbocycles. The number of nitrogens with one attached hydrogen (secondary N) is 1. The van der Waals surface area contributed by atoms with E-state index in [0.29, 0.717) is 4.88 Å². The third-order valence-electron chi connectivity index (χ3n) is 2.17. The number of anilines is 1. The minimum Gasteiger partial charge on any atom is -0.465 e. The fourth-order valence-electron chi connectivity index (χ4n) is 1.34. The van der Waals surface area contributed by atoms with E-state index in [1.165, 1.54) is 24.6 Å². The monoisotopic (exact) mass is 283 g/mol. The van der Waals surface area contributed by atoms with Crippen LogP contribution in [0.3, 0.4) is 0 Å². The zero-order valence-corrected chi connectivity index (χ0v) is 11.7. The number of rotatable bonds is 5. The molecule has 0 unspecified atom stereocenters. The van der Waals surface area contributed by atoms with Crippen LogP contribution in [0.2, 0.25) is 0 Å². The lowest BCUT2D eigenvalue weighted by molar-refractivity contribution is 0.0606. The number of aryl methyl sites for hydroxylation is 1. The normalized spacial score (nSPS) is 10.3. The fraction of sp³-hybridized carbons (Fsp3) is 0.364. The Labute approximate surface area is 113 Å². The molecule has 0 bridgehead atoms. The van der Waals surface area contributed by atoms with Gasteiger partial charge in [-0.1, -0.05) is 11.3 Å². The first kappa shape index (κ1) is 13.0. The number of methoxy groups -OCH3 is 1. The summed E-state index contributed by atoms with van der Waals surface area (Å²) in [6.45, 7) is 2.73. The molecule has 7 heteroatoms. The average molecular weight is 283 g/mol. The summed E-state index contributed by atoms with van der Waals surface area (Å²) in [4.78, 5) is 20.2. The summed E-state index contributed by atoms with van der Waals surface area (Å²) in [5.41, 5.74) is 1.05. The van der Waals surface area contributed by atoms with Gasteiger partial charge >= 0.3 is 5.97 Å². The molecule has 5 nitrogen and oxygen atoms in total. The number of carbonyl (C=O) groups is 1. The van der Waals surface area contributed by atoms with Gasteiger partial charge in [0.15, 0.2) is 5.13 Å². The van der Waals surface area contributed by atoms with Gasteiger partial charge in [-0.2, -0.15) is 0 Å². The van der Waals surface area contributed by atoms with Gasteiger partial charge in [-0.05, 0) is 6.92 Å². The number of ether oxygens (including phenoxy) is 1. The lowest BCUT2D eigenvalue weighted by Crippen LogP contribution is -2.04. The quantitative estimate of drug-likeness (QED) is 0.853. The Kier molecular flexibility index (Phi) is 4.27. The third kappa shape index (κ3) is 3.27. The van der Waals surface area contributed by atoms with Gasteiger partial charge in [0.05, 0.1) is 18.3 Å². The second-order valence-electron chi connectivity index (χ2n) is 3.58. The highest BCUT2D eigenvalue weighted by atomic mass is 32.1. The Morgan fingerprint density at radius 3 is 3.06 bits per heavy atom. The zero-order valence-electron chi connectivity index (χ0n) is 10.1. The van der Waals surface area contributed by atoms with E-state index in [2.05, 4.69) is 20.0 Å². The number of hydrogen-bond acceptors (Lipinski definition) is 7. The molecule has 2 aromatic rings. The van der Waals surface area contributed by atoms with Crippen LogP contribution >= 0.6 is 22.7 Å². The lowest BCUT2D eigenvalue weighted by atomic mass is 10.4. The molecule has 2 aromatic heterocycles. The van der Waals surface area contributed by atoms with E-state index in [1.807, 2.05) is 12.3 Å². The zero-order chi connectivity index (χ0) is 13.0. The van der Waals surface area contributed by atoms with Crippen molar-refractivity contribution in [2.75, 3.05) is 19.0 Å². The number of nitrogens with zero attached hydrogens (tertiary/aromatic N) is 2. The van der Waals surface area contributed by atoms with E-state index in [4.69, 9.17) is 0 Å². The molecule has 0 amide bonds. The fourth-order valence-corrected chi connectivity index (χ4v) is 2.88. The van der Waals surface area contributed by atoms with Gasteiger partial charge in [0, 0.05) is 24.0 Å². The van der Waals surface area contributed by atoms with Crippen LogP contribution in [0, 0.1) is 6.92 Å². The van der Waals surface area contributed by atoms with Crippen molar-refractivity contribution in [3.63, 3.8) is 0 Å². The SMILES string of the molecule is COC(=O)c1cnc(NCCc2nc(C)cs2)s1. The van der Waals surface area contributed by atoms with Crippen molar-refractivity contribution in [1.29, 1.82) is 0 Å². The number of hydrogen-bond donors (Lipinski definition) is 1. The van der Waals surface area contributed by atoms with E-state index < -0.39 is 0 Å². The van der Waals surface area contributed by atoms with E-state index in [9.17, 15) is 4.79 Å². The van der Waals surface area contributed by atoms with Gasteiger partial charge in [0.25, 0.3) is 0 Å². The number of thiazole rings is 2. The van der Waals surface area contributed by atoms with Crippen LogP contribution in [0.25, 0.3) is 0 Å². The highest BCUT2D eigenvalue weighted by Gasteiger charge is 2.10. The van der Waals surface area contributed by atoms with Crippen molar-refractivity contribution in [1.82, 2.24) is 9.97 Å². The largest absolute Gasteiger partial charge is 0.465 e. The lowest BCUT2D eigenvalue weighted by Gasteiger charge is -1.99. The maximum Gasteiger partial charge on any atom is 0.349 e. The summed E-state index contributed by atoms with van der Waals surface area (Å²) in [5, 5.41) is 7.03. The predicted molar refractivity (Wildman–Crippen MR) is 72.5 cm³/mol. The van der Waals surface area contributed by atoms with Gasteiger partial charge in [-0.25, -0.2) is 14.8 Å². The van der Waals surface area contributed by atoms with Gasteiger partial charge in [-0.15, -0.1) is 11.3 Å². The van der Waals surface area contributed by atoms with Gasteiger partial charge in [0.2, 0.25) is 0 Å². The van der Waals surface area contributed by atoms with Gasteiger partial charge in [0.1, 0.15) is 4.88 Å². The number of carbonyl (C=O) groups excluding carboxylic acids is 1. The third-order valence-corrected chi connectivity index (χ3v) is 4.14. The first-order valence-corrected chi connectivity index (χ1v) is 7.07. The Morgan fingerprint density at radius 2 is 2.39 bits per heavy atom. The Balaban J connectivity index is 1.83. The summed E-state index contributed by atoms with van der Waals surface area (Å²) in [6.07, 6.45) is 2.37. The van der Waals surface area contributed by atoms with E-state index in [0.717, 1.165) is 28.8 Å². The molecule has 18 heavy (non-hydrogen) atoms. The summed E-state index contributed by atoms with van der Waals surface area (Å²) in [7, 11) is 1.36. The standard InChI is InChI=1S/C11H13N3O2S2/c1-7-6-17-9(14-7)3-4-12-11-13-5-8(18-11)10(15)16-2/h5-6H,3-4H2,1-2H3,(H,12,13). The van der Waals surface area contributed by atoms with E-state index in [1.54, 1.807) is 11.3 Å². The Hall–Kier alpha value is -1.47. The minimum absolute atomic E-state index is 0.351. The molecule has 2 heterocycles. The van der Waals surface area contributed by atoms with Crippen LogP contribution in [0.5, 0.6) is 0 Å². The van der Waals surface area contributed by atoms with Crippen molar-refractivity contribution >= 4 is 33.8 Å². The maximum absolute atomic E-state index is 11.2. The summed E-state index contributed by atoms with van der Waals surface area (Å²) >= 11 is 2.95. The van der Waals surface area contributed by atoms with Crippen molar-refractivity contribution in [3.8, 4) is 0 Å². The topological polar surface area (TPSA) is 64.1 Å². The maximum atomic E-state index is 11.2. The Morgan fingerprint density at radius 1 is 1.56 bits per heavy atom. The molecule has 1 N–H and O–H groups in total. The van der Waals surface area contributed by atoms with Crippen molar-refractivity contribution in [2.24, 2.45) is 0 Å². The van der Waals surface area contributed by atoms with Crippen LogP contribution in [0.4, 0.5) is 5.13 Å². The van der Waals surface area contributed by atoms with Crippen molar-refractivity contribution < 1.29 is 9.53 Å². The molecule has 0 aliphatic heterocycles. The highest BCUT2D eigenvalue weighted by molar-refractivity contribution is 7.17. The smallest absolute Gasteiger partial charge is 0.349 e. The number of esters is 1. The second-order valence-corrected chi connectivity index (χ2v) is 5.55. The van der Waals surface area contributed by atoms with Crippen molar-refractivity contribution in [3.05, 3.63) is 27.2 Å². The first-order valence-electron chi connectivity index (χ1n) is 5.38. The summed E-state index contributed by atoms with van der Waals surface area (Å²) < 4.78 is 4.62. The molecule has 0 spiro atoms. The molecular formula is C11H13N3O2S2. The summed E-state index contributed by atoms with van der Waals surface area (Å²) in [6, 6.07) is 0. The van der Waals surface area contributed by atoms with Crippen LogP contribution in [-0.2, 0) is 11.2 Å². The van der Waals surface area contributed by atoms with E-state index >= 15 is 0 Å². The molecule has 0 saturated heterocycles. The molecule has 96 valence electrons. The van der Waals surface area contributed by atoms with Gasteiger partial charge in [-0.3, -0.25) is 0 Å². The van der Waals surface area contributed by atoms with Crippen LogP contribution in [0.1, 0.15) is 20.4 Å². The first-order chi connectivity index (χ1) is 8.69. The molecule has 2 rings (SSSR count). The molecule has 0 atom stereocenters. The van der Waals surface area contributed by atoms with E-state index in [-0.39, 0.29) is 5.97 Å². The average Bonchev–Trinajstić information content (AvgIpc) is 2.98. The minimum atomic E-state index is -0.351. The number of aromatic nitrogens is 2. The predicted octanol–water partition coefficient (Wildman–Crippen LogP) is 2.35. The molecule has 0 aromatic carbocycles. The van der Waals surface area contributed by atoms with Gasteiger partial charge < -0.3 is 10.1 Å². The summed E-state index contributed by atoms with van der Waals surface area (Å²) in [5.74, 6) is -0.351. The van der Waals surface area contributed by atoms with Crippen LogP contribution < -0.4 is 5.32 Å². The molecular weight excluding hydrogens is 270 g/mol.